The normalized spacial score (nSPS) is 11.6. The van der Waals surface area contributed by atoms with Crippen molar-refractivity contribution < 1.29 is 42.6 Å². The van der Waals surface area contributed by atoms with Crippen LogP contribution in [-0.4, -0.2) is 120 Å². The van der Waals surface area contributed by atoms with Crippen molar-refractivity contribution >= 4 is 0 Å². The van der Waals surface area contributed by atoms with Crippen LogP contribution >= 0.6 is 0 Å². The van der Waals surface area contributed by atoms with Gasteiger partial charge in [0.15, 0.2) is 0 Å². The van der Waals surface area contributed by atoms with E-state index in [2.05, 4.69) is 0 Å². The minimum Gasteiger partial charge on any atom is -0.385 e. The fourth-order valence-corrected chi connectivity index (χ4v) is 2.31. The van der Waals surface area contributed by atoms with Crippen LogP contribution in [0.5, 0.6) is 0 Å². The van der Waals surface area contributed by atoms with Gasteiger partial charge in [0.1, 0.15) is 6.10 Å². The highest BCUT2D eigenvalue weighted by molar-refractivity contribution is 4.56. The van der Waals surface area contributed by atoms with E-state index in [-0.39, 0.29) is 6.10 Å². The molecule has 0 aromatic heterocycles. The van der Waals surface area contributed by atoms with Crippen LogP contribution in [0.4, 0.5) is 0 Å². The van der Waals surface area contributed by atoms with Gasteiger partial charge < -0.3 is 42.6 Å². The van der Waals surface area contributed by atoms with Gasteiger partial charge in [0.2, 0.25) is 0 Å². The molecule has 0 aliphatic heterocycles. The number of methoxy groups -OCH3 is 3. The Hall–Kier alpha value is -0.360. The molecule has 182 valence electrons. The quantitative estimate of drug-likeness (QED) is 0.186. The Morgan fingerprint density at radius 1 is 0.400 bits per heavy atom. The van der Waals surface area contributed by atoms with E-state index < -0.39 is 0 Å². The SMILES string of the molecule is COCCCOCCOCC(COCCOCCCOC)OCCOCCCOC. The van der Waals surface area contributed by atoms with Gasteiger partial charge in [-0.3, -0.25) is 0 Å². The molecule has 0 aliphatic carbocycles. The molecule has 0 atom stereocenters. The Labute approximate surface area is 182 Å². The maximum atomic E-state index is 5.85. The van der Waals surface area contributed by atoms with Gasteiger partial charge in [-0.15, -0.1) is 0 Å². The van der Waals surface area contributed by atoms with Crippen LogP contribution in [0.2, 0.25) is 0 Å². The minimum atomic E-state index is -0.158. The maximum Gasteiger partial charge on any atom is 0.104 e. The first-order chi connectivity index (χ1) is 14.8. The van der Waals surface area contributed by atoms with Crippen molar-refractivity contribution in [1.29, 1.82) is 0 Å². The van der Waals surface area contributed by atoms with Gasteiger partial charge >= 0.3 is 0 Å². The molecule has 0 saturated carbocycles. The Balaban J connectivity index is 3.81. The summed E-state index contributed by atoms with van der Waals surface area (Å²) in [6.45, 7) is 8.17. The molecule has 0 spiro atoms. The van der Waals surface area contributed by atoms with E-state index in [0.717, 1.165) is 19.3 Å². The summed E-state index contributed by atoms with van der Waals surface area (Å²) >= 11 is 0. The summed E-state index contributed by atoms with van der Waals surface area (Å²) in [7, 11) is 5.05. The first-order valence-corrected chi connectivity index (χ1v) is 10.8. The van der Waals surface area contributed by atoms with Crippen LogP contribution in [-0.2, 0) is 42.6 Å². The number of hydrogen-bond donors (Lipinski definition) is 0. The molecule has 0 aliphatic rings. The van der Waals surface area contributed by atoms with Crippen molar-refractivity contribution in [2.75, 3.05) is 114 Å². The van der Waals surface area contributed by atoms with Crippen LogP contribution in [0.3, 0.4) is 0 Å². The molecule has 0 saturated heterocycles. The molecule has 0 rings (SSSR count). The molecule has 0 radical (unpaired) electrons. The smallest absolute Gasteiger partial charge is 0.104 e. The van der Waals surface area contributed by atoms with Gasteiger partial charge in [0.05, 0.1) is 52.9 Å². The Morgan fingerprint density at radius 2 is 0.767 bits per heavy atom. The summed E-state index contributed by atoms with van der Waals surface area (Å²) in [4.78, 5) is 0. The zero-order chi connectivity index (χ0) is 22.0. The minimum absolute atomic E-state index is 0.158. The monoisotopic (exact) mass is 440 g/mol. The van der Waals surface area contributed by atoms with Crippen LogP contribution in [0, 0.1) is 0 Å². The lowest BCUT2D eigenvalue weighted by Crippen LogP contribution is -2.29. The number of rotatable bonds is 26. The highest BCUT2D eigenvalue weighted by Crippen LogP contribution is 1.98. The standard InChI is InChI=1S/C21H44O9/c1-22-7-4-10-25-13-15-28-19-21(30-18-17-27-12-6-9-24-3)20-29-16-14-26-11-5-8-23-2/h21H,4-20H2,1-3H3. The van der Waals surface area contributed by atoms with E-state index in [0.29, 0.717) is 92.5 Å². The van der Waals surface area contributed by atoms with Gasteiger partial charge in [0.25, 0.3) is 0 Å². The molecule has 9 nitrogen and oxygen atoms in total. The van der Waals surface area contributed by atoms with Gasteiger partial charge in [-0.25, -0.2) is 0 Å². The van der Waals surface area contributed by atoms with Crippen LogP contribution in [0.1, 0.15) is 19.3 Å². The maximum absolute atomic E-state index is 5.85. The van der Waals surface area contributed by atoms with Crippen LogP contribution in [0.15, 0.2) is 0 Å². The zero-order valence-electron chi connectivity index (χ0n) is 19.3. The lowest BCUT2D eigenvalue weighted by Gasteiger charge is -2.18. The van der Waals surface area contributed by atoms with Crippen molar-refractivity contribution in [2.45, 2.75) is 25.4 Å². The molecule has 0 amide bonds. The Kier molecular flexibility index (Phi) is 26.4. The second kappa shape index (κ2) is 26.7. The average molecular weight is 441 g/mol. The second-order valence-electron chi connectivity index (χ2n) is 6.52. The molecule has 9 heteroatoms. The van der Waals surface area contributed by atoms with E-state index in [9.17, 15) is 0 Å². The molecule has 0 fully saturated rings. The van der Waals surface area contributed by atoms with Crippen molar-refractivity contribution in [1.82, 2.24) is 0 Å². The van der Waals surface area contributed by atoms with E-state index in [1.165, 1.54) is 0 Å². The Bertz CT molecular complexity index is 288. The van der Waals surface area contributed by atoms with Gasteiger partial charge in [-0.05, 0) is 19.3 Å². The van der Waals surface area contributed by atoms with Gasteiger partial charge in [-0.2, -0.15) is 0 Å². The third-order valence-electron chi connectivity index (χ3n) is 3.84. The highest BCUT2D eigenvalue weighted by Gasteiger charge is 2.10. The molecule has 0 aromatic carbocycles. The summed E-state index contributed by atoms with van der Waals surface area (Å²) in [5.41, 5.74) is 0. The van der Waals surface area contributed by atoms with E-state index >= 15 is 0 Å². The van der Waals surface area contributed by atoms with Crippen molar-refractivity contribution in [3.63, 3.8) is 0 Å². The van der Waals surface area contributed by atoms with Crippen molar-refractivity contribution in [2.24, 2.45) is 0 Å². The topological polar surface area (TPSA) is 83.1 Å². The lowest BCUT2D eigenvalue weighted by molar-refractivity contribution is -0.0839. The summed E-state index contributed by atoms with van der Waals surface area (Å²) in [6.07, 6.45) is 2.48. The predicted molar refractivity (Wildman–Crippen MR) is 113 cm³/mol. The summed E-state index contributed by atoms with van der Waals surface area (Å²) in [6, 6.07) is 0. The molecular weight excluding hydrogens is 396 g/mol. The second-order valence-corrected chi connectivity index (χ2v) is 6.52. The number of ether oxygens (including phenoxy) is 9. The molecular formula is C21H44O9. The summed E-state index contributed by atoms with van der Waals surface area (Å²) in [5, 5.41) is 0. The third kappa shape index (κ3) is 23.9. The molecule has 0 unspecified atom stereocenters. The van der Waals surface area contributed by atoms with Gasteiger partial charge in [0, 0.05) is 61.0 Å². The predicted octanol–water partition coefficient (Wildman–Crippen LogP) is 1.56. The number of hydrogen-bond acceptors (Lipinski definition) is 9. The highest BCUT2D eigenvalue weighted by atomic mass is 16.6. The fraction of sp³-hybridized carbons (Fsp3) is 1.00. The Morgan fingerprint density at radius 3 is 1.17 bits per heavy atom. The third-order valence-corrected chi connectivity index (χ3v) is 3.84. The molecule has 0 bridgehead atoms. The van der Waals surface area contributed by atoms with E-state index in [1.807, 2.05) is 0 Å². The van der Waals surface area contributed by atoms with E-state index in [1.54, 1.807) is 21.3 Å². The largest absolute Gasteiger partial charge is 0.385 e. The van der Waals surface area contributed by atoms with Crippen LogP contribution in [0.25, 0.3) is 0 Å². The average Bonchev–Trinajstić information content (AvgIpc) is 2.76. The first-order valence-electron chi connectivity index (χ1n) is 10.8. The molecule has 0 heterocycles. The van der Waals surface area contributed by atoms with Crippen LogP contribution < -0.4 is 0 Å². The summed E-state index contributed by atoms with van der Waals surface area (Å²) < 4.78 is 48.6. The molecule has 0 N–H and O–H groups in total. The fourth-order valence-electron chi connectivity index (χ4n) is 2.31. The van der Waals surface area contributed by atoms with Crippen molar-refractivity contribution in [3.8, 4) is 0 Å². The summed E-state index contributed by atoms with van der Waals surface area (Å²) in [5.74, 6) is 0. The first kappa shape index (κ1) is 29.6. The zero-order valence-corrected chi connectivity index (χ0v) is 19.3. The van der Waals surface area contributed by atoms with Gasteiger partial charge in [-0.1, -0.05) is 0 Å². The van der Waals surface area contributed by atoms with E-state index in [4.69, 9.17) is 42.6 Å². The lowest BCUT2D eigenvalue weighted by atomic mass is 10.4. The van der Waals surface area contributed by atoms with Crippen molar-refractivity contribution in [3.05, 3.63) is 0 Å². The molecule has 30 heavy (non-hydrogen) atoms. The molecule has 0 aromatic rings.